The van der Waals surface area contributed by atoms with Gasteiger partial charge >= 0.3 is 23.5 Å². The average molecular weight is 547 g/mol. The summed E-state index contributed by atoms with van der Waals surface area (Å²) in [5, 5.41) is 21.4. The zero-order chi connectivity index (χ0) is 27.5. The SMILES string of the molecule is CCOC(=O)CCc1cc(Oc2nc(SC)nc(NCC(=O)OCC)c2[N+](=O)[O-])cc(C2NC=CCN2)c1. The molecule has 0 saturated carbocycles. The lowest BCUT2D eigenvalue weighted by atomic mass is 10.0. The molecule has 0 bridgehead atoms. The minimum Gasteiger partial charge on any atom is -0.466 e. The summed E-state index contributed by atoms with van der Waals surface area (Å²) < 4.78 is 15.9. The molecule has 204 valence electrons. The number of rotatable bonds is 13. The van der Waals surface area contributed by atoms with Crippen LogP contribution in [0.5, 0.6) is 11.6 Å². The van der Waals surface area contributed by atoms with Crippen LogP contribution in [0.4, 0.5) is 11.5 Å². The number of nitro groups is 1. The number of thioether (sulfide) groups is 1. The van der Waals surface area contributed by atoms with Crippen LogP contribution in [0.25, 0.3) is 0 Å². The molecule has 13 nitrogen and oxygen atoms in total. The first kappa shape index (κ1) is 28.7. The van der Waals surface area contributed by atoms with Crippen LogP contribution in [-0.4, -0.2) is 59.4 Å². The van der Waals surface area contributed by atoms with E-state index in [9.17, 15) is 19.7 Å². The van der Waals surface area contributed by atoms with Gasteiger partial charge in [-0.2, -0.15) is 9.97 Å². The minimum absolute atomic E-state index is 0.161. The first-order valence-corrected chi connectivity index (χ1v) is 13.2. The van der Waals surface area contributed by atoms with Gasteiger partial charge in [0.15, 0.2) is 5.16 Å². The highest BCUT2D eigenvalue weighted by molar-refractivity contribution is 7.98. The first-order valence-electron chi connectivity index (χ1n) is 12.0. The molecule has 1 unspecified atom stereocenters. The zero-order valence-corrected chi connectivity index (χ0v) is 22.1. The zero-order valence-electron chi connectivity index (χ0n) is 21.3. The number of hydrogen-bond acceptors (Lipinski definition) is 13. The van der Waals surface area contributed by atoms with E-state index in [0.29, 0.717) is 13.0 Å². The van der Waals surface area contributed by atoms with Crippen molar-refractivity contribution in [3.63, 3.8) is 0 Å². The summed E-state index contributed by atoms with van der Waals surface area (Å²) in [6, 6.07) is 5.34. The number of anilines is 1. The third kappa shape index (κ3) is 8.05. The lowest BCUT2D eigenvalue weighted by molar-refractivity contribution is -0.385. The fraction of sp³-hybridized carbons (Fsp3) is 0.417. The minimum atomic E-state index is -0.673. The average Bonchev–Trinajstić information content (AvgIpc) is 2.91. The summed E-state index contributed by atoms with van der Waals surface area (Å²) >= 11 is 1.16. The lowest BCUT2D eigenvalue weighted by Crippen LogP contribution is -2.34. The van der Waals surface area contributed by atoms with Crippen LogP contribution >= 0.6 is 11.8 Å². The monoisotopic (exact) mass is 546 g/mol. The number of nitrogens with zero attached hydrogens (tertiary/aromatic N) is 3. The maximum Gasteiger partial charge on any atom is 0.373 e. The van der Waals surface area contributed by atoms with E-state index in [1.165, 1.54) is 0 Å². The standard InChI is InChI=1S/C24H30N6O7S/c1-4-35-18(31)8-7-15-11-16(21-25-9-6-10-26-21)13-17(12-15)37-23-20(30(33)34)22(28-24(29-23)38-3)27-14-19(32)36-5-2/h6,9,11-13,21,25-26H,4-5,7-8,10,14H2,1-3H3,(H,27,28,29). The van der Waals surface area contributed by atoms with Crippen LogP contribution in [0.1, 0.15) is 37.6 Å². The van der Waals surface area contributed by atoms with Gasteiger partial charge in [0.25, 0.3) is 0 Å². The maximum absolute atomic E-state index is 12.0. The van der Waals surface area contributed by atoms with Gasteiger partial charge in [-0.05, 0) is 56.0 Å². The first-order chi connectivity index (χ1) is 18.3. The normalized spacial score (nSPS) is 14.3. The number of carbonyl (C=O) groups is 2. The van der Waals surface area contributed by atoms with Gasteiger partial charge in [0, 0.05) is 13.0 Å². The van der Waals surface area contributed by atoms with Crippen LogP contribution in [0.15, 0.2) is 35.6 Å². The predicted molar refractivity (Wildman–Crippen MR) is 140 cm³/mol. The third-order valence-electron chi connectivity index (χ3n) is 5.18. The van der Waals surface area contributed by atoms with Crippen LogP contribution in [0, 0.1) is 10.1 Å². The molecule has 2 heterocycles. The quantitative estimate of drug-likeness (QED) is 0.110. The van der Waals surface area contributed by atoms with Gasteiger partial charge < -0.3 is 24.8 Å². The molecule has 0 amide bonds. The van der Waals surface area contributed by atoms with Gasteiger partial charge in [0.05, 0.1) is 18.1 Å². The predicted octanol–water partition coefficient (Wildman–Crippen LogP) is 3.07. The van der Waals surface area contributed by atoms with Gasteiger partial charge in [-0.3, -0.25) is 25.0 Å². The largest absolute Gasteiger partial charge is 0.466 e. The Bertz CT molecular complexity index is 1190. The molecule has 0 spiro atoms. The Morgan fingerprint density at radius 2 is 1.95 bits per heavy atom. The summed E-state index contributed by atoms with van der Waals surface area (Å²) in [6.07, 6.45) is 5.76. The molecule has 3 rings (SSSR count). The van der Waals surface area contributed by atoms with Crippen LogP contribution in [-0.2, 0) is 25.5 Å². The Hall–Kier alpha value is -3.91. The van der Waals surface area contributed by atoms with Crippen molar-refractivity contribution in [1.29, 1.82) is 0 Å². The fourth-order valence-electron chi connectivity index (χ4n) is 3.56. The Morgan fingerprint density at radius 3 is 2.61 bits per heavy atom. The van der Waals surface area contributed by atoms with Crippen molar-refractivity contribution >= 4 is 35.2 Å². The third-order valence-corrected chi connectivity index (χ3v) is 5.73. The molecular formula is C24H30N6O7S. The van der Waals surface area contributed by atoms with Crippen LogP contribution in [0.2, 0.25) is 0 Å². The summed E-state index contributed by atoms with van der Waals surface area (Å²) in [5.74, 6) is -1.10. The molecule has 38 heavy (non-hydrogen) atoms. The molecule has 2 aromatic rings. The number of ether oxygens (including phenoxy) is 3. The topological polar surface area (TPSA) is 167 Å². The molecule has 1 atom stereocenters. The summed E-state index contributed by atoms with van der Waals surface area (Å²) in [7, 11) is 0. The summed E-state index contributed by atoms with van der Waals surface area (Å²) in [6.45, 7) is 4.19. The van der Waals surface area contributed by atoms with E-state index in [2.05, 4.69) is 25.9 Å². The van der Waals surface area contributed by atoms with Gasteiger partial charge in [0.1, 0.15) is 18.5 Å². The Morgan fingerprint density at radius 1 is 1.18 bits per heavy atom. The molecule has 1 aliphatic heterocycles. The van der Waals surface area contributed by atoms with E-state index in [0.717, 1.165) is 22.9 Å². The van der Waals surface area contributed by atoms with Crippen molar-refractivity contribution in [2.45, 2.75) is 38.0 Å². The number of aryl methyl sites for hydroxylation is 1. The molecule has 1 aromatic heterocycles. The second-order valence-electron chi connectivity index (χ2n) is 7.86. The molecular weight excluding hydrogens is 516 g/mol. The Kier molecular flexibility index (Phi) is 10.7. The number of esters is 2. The van der Waals surface area contributed by atoms with E-state index in [1.807, 2.05) is 18.3 Å². The Balaban J connectivity index is 1.98. The molecule has 3 N–H and O–H groups in total. The Labute approximate surface area is 223 Å². The van der Waals surface area contributed by atoms with Crippen molar-refractivity contribution < 1.29 is 28.7 Å². The number of nitrogens with one attached hydrogen (secondary N) is 3. The van der Waals surface area contributed by atoms with Gasteiger partial charge in [-0.1, -0.05) is 23.9 Å². The van der Waals surface area contributed by atoms with E-state index >= 15 is 0 Å². The van der Waals surface area contributed by atoms with Crippen molar-refractivity contribution in [2.24, 2.45) is 0 Å². The highest BCUT2D eigenvalue weighted by Crippen LogP contribution is 2.37. The van der Waals surface area contributed by atoms with Crippen molar-refractivity contribution in [3.8, 4) is 11.6 Å². The number of hydrogen-bond donors (Lipinski definition) is 3. The fourth-order valence-corrected chi connectivity index (χ4v) is 3.92. The van der Waals surface area contributed by atoms with E-state index < -0.39 is 16.6 Å². The van der Waals surface area contributed by atoms with E-state index in [1.54, 1.807) is 32.2 Å². The highest BCUT2D eigenvalue weighted by atomic mass is 32.2. The summed E-state index contributed by atoms with van der Waals surface area (Å²) in [5.41, 5.74) is 1.04. The van der Waals surface area contributed by atoms with Gasteiger partial charge in [0.2, 0.25) is 5.82 Å². The molecule has 0 radical (unpaired) electrons. The van der Waals surface area contributed by atoms with Crippen molar-refractivity contribution in [1.82, 2.24) is 20.6 Å². The molecule has 14 heteroatoms. The second-order valence-corrected chi connectivity index (χ2v) is 8.63. The van der Waals surface area contributed by atoms with Gasteiger partial charge in [-0.15, -0.1) is 0 Å². The highest BCUT2D eigenvalue weighted by Gasteiger charge is 2.28. The van der Waals surface area contributed by atoms with Crippen molar-refractivity contribution in [2.75, 3.05) is 37.9 Å². The van der Waals surface area contributed by atoms with Gasteiger partial charge in [-0.25, -0.2) is 0 Å². The van der Waals surface area contributed by atoms with Crippen LogP contribution < -0.4 is 20.7 Å². The van der Waals surface area contributed by atoms with E-state index in [-0.39, 0.29) is 60.9 Å². The smallest absolute Gasteiger partial charge is 0.373 e. The molecule has 1 aliphatic rings. The van der Waals surface area contributed by atoms with Crippen LogP contribution in [0.3, 0.4) is 0 Å². The number of benzene rings is 1. The van der Waals surface area contributed by atoms with E-state index in [4.69, 9.17) is 14.2 Å². The van der Waals surface area contributed by atoms with Crippen molar-refractivity contribution in [3.05, 3.63) is 51.7 Å². The molecule has 0 fully saturated rings. The number of carbonyl (C=O) groups excluding carboxylic acids is 2. The lowest BCUT2D eigenvalue weighted by Gasteiger charge is -2.23. The molecule has 1 aromatic carbocycles. The molecule has 0 aliphatic carbocycles. The maximum atomic E-state index is 12.0. The molecule has 0 saturated heterocycles. The second kappa shape index (κ2) is 14.1. The summed E-state index contributed by atoms with van der Waals surface area (Å²) in [4.78, 5) is 43.5. The number of aromatic nitrogens is 2.